The zero-order chi connectivity index (χ0) is 26.7. The number of halogens is 1. The van der Waals surface area contributed by atoms with E-state index in [-0.39, 0.29) is 30.2 Å². The van der Waals surface area contributed by atoms with Gasteiger partial charge in [0.1, 0.15) is 34.4 Å². The van der Waals surface area contributed by atoms with Crippen molar-refractivity contribution in [1.82, 2.24) is 24.7 Å². The summed E-state index contributed by atoms with van der Waals surface area (Å²) in [4.78, 5) is 8.23. The highest BCUT2D eigenvalue weighted by molar-refractivity contribution is 7.93. The Labute approximate surface area is 220 Å². The zero-order valence-corrected chi connectivity index (χ0v) is 22.4. The number of para-hydroxylation sites is 1. The number of aliphatic hydroxyl groups excluding tert-OH is 1. The molecule has 0 saturated heterocycles. The number of benzene rings is 1. The first-order valence-corrected chi connectivity index (χ1v) is 13.5. The number of sulfonamides is 1. The Hall–Kier alpha value is -3.00. The van der Waals surface area contributed by atoms with E-state index in [1.807, 2.05) is 0 Å². The number of nitrogens with one attached hydrogen (secondary N) is 1. The molecule has 37 heavy (non-hydrogen) atoms. The van der Waals surface area contributed by atoms with Crippen molar-refractivity contribution in [3.05, 3.63) is 47.3 Å². The van der Waals surface area contributed by atoms with Gasteiger partial charge < -0.3 is 19.3 Å². The summed E-state index contributed by atoms with van der Waals surface area (Å²) in [5, 5.41) is 17.2. The fourth-order valence-corrected chi connectivity index (χ4v) is 5.58. The van der Waals surface area contributed by atoms with Crippen LogP contribution >= 0.6 is 11.6 Å². The second kappa shape index (κ2) is 11.2. The first-order valence-electron chi connectivity index (χ1n) is 11.5. The molecule has 2 atom stereocenters. The monoisotopic (exact) mass is 552 g/mol. The minimum absolute atomic E-state index is 0.0378. The Kier molecular flexibility index (Phi) is 8.17. The molecule has 1 saturated carbocycles. The zero-order valence-electron chi connectivity index (χ0n) is 20.8. The number of aliphatic hydroxyl groups is 1. The highest BCUT2D eigenvalue weighted by Gasteiger charge is 2.38. The van der Waals surface area contributed by atoms with Gasteiger partial charge in [-0.05, 0) is 37.8 Å². The first-order chi connectivity index (χ1) is 17.7. The molecule has 4 rings (SSSR count). The molecule has 200 valence electrons. The molecule has 1 aliphatic rings. The van der Waals surface area contributed by atoms with Crippen molar-refractivity contribution in [3.63, 3.8) is 0 Å². The van der Waals surface area contributed by atoms with Crippen LogP contribution in [0.15, 0.2) is 30.6 Å². The van der Waals surface area contributed by atoms with Gasteiger partial charge in [0.05, 0.1) is 19.2 Å². The van der Waals surface area contributed by atoms with Crippen molar-refractivity contribution < 1.29 is 27.7 Å². The Balaban J connectivity index is 1.76. The molecule has 0 aliphatic heterocycles. The van der Waals surface area contributed by atoms with Gasteiger partial charge >= 0.3 is 0 Å². The second-order valence-electron chi connectivity index (χ2n) is 8.71. The lowest BCUT2D eigenvalue weighted by molar-refractivity contribution is 0.0950. The summed E-state index contributed by atoms with van der Waals surface area (Å²) < 4.78 is 47.9. The highest BCUT2D eigenvalue weighted by Crippen LogP contribution is 2.44. The topological polar surface area (TPSA) is 151 Å². The van der Waals surface area contributed by atoms with Crippen LogP contribution in [0.5, 0.6) is 11.5 Å². The molecule has 1 fully saturated rings. The summed E-state index contributed by atoms with van der Waals surface area (Å²) in [7, 11) is 0.293. The largest absolute Gasteiger partial charge is 0.494 e. The van der Waals surface area contributed by atoms with Gasteiger partial charge in [0, 0.05) is 32.0 Å². The average molecular weight is 553 g/mol. The number of nitrogens with zero attached hydrogens (tertiary/aromatic N) is 5. The van der Waals surface area contributed by atoms with E-state index >= 15 is 0 Å². The first kappa shape index (κ1) is 27.0. The van der Waals surface area contributed by atoms with E-state index in [0.717, 1.165) is 0 Å². The normalized spacial score (nSPS) is 19.1. The fraction of sp³-hybridized carbons (Fsp3) is 0.478. The van der Waals surface area contributed by atoms with Gasteiger partial charge in [-0.1, -0.05) is 17.7 Å². The van der Waals surface area contributed by atoms with E-state index in [0.29, 0.717) is 40.9 Å². The molecule has 12 nitrogen and oxygen atoms in total. The summed E-state index contributed by atoms with van der Waals surface area (Å²) in [5.74, 6) is 1.65. The molecule has 14 heteroatoms. The van der Waals surface area contributed by atoms with Crippen molar-refractivity contribution in [1.29, 1.82) is 0 Å². The SMILES string of the molecule is COc1cccc(OC)c1-n1c(NS(=O)(=O)C(C)C(OC)c2ncc(Cl)cn2)nnc1C1CC(CO)C1. The maximum absolute atomic E-state index is 13.5. The third-order valence-corrected chi connectivity index (χ3v) is 8.36. The summed E-state index contributed by atoms with van der Waals surface area (Å²) in [5.41, 5.74) is 0.453. The van der Waals surface area contributed by atoms with E-state index in [9.17, 15) is 13.5 Å². The predicted molar refractivity (Wildman–Crippen MR) is 136 cm³/mol. The molecule has 2 heterocycles. The van der Waals surface area contributed by atoms with Crippen LogP contribution in [0.4, 0.5) is 5.95 Å². The van der Waals surface area contributed by atoms with Crippen LogP contribution in [-0.4, -0.2) is 71.4 Å². The predicted octanol–water partition coefficient (Wildman–Crippen LogP) is 2.73. The number of hydrogen-bond donors (Lipinski definition) is 2. The minimum Gasteiger partial charge on any atom is -0.494 e. The number of hydrogen-bond acceptors (Lipinski definition) is 10. The van der Waals surface area contributed by atoms with Crippen LogP contribution in [0.2, 0.25) is 5.02 Å². The molecule has 0 spiro atoms. The summed E-state index contributed by atoms with van der Waals surface area (Å²) >= 11 is 5.88. The Morgan fingerprint density at radius 2 is 1.76 bits per heavy atom. The van der Waals surface area contributed by atoms with Gasteiger partial charge in [0.15, 0.2) is 5.82 Å². The maximum atomic E-state index is 13.5. The molecular formula is C23H29ClN6O6S. The molecule has 0 bridgehead atoms. The van der Waals surface area contributed by atoms with Gasteiger partial charge in [-0.15, -0.1) is 10.2 Å². The lowest BCUT2D eigenvalue weighted by Gasteiger charge is -2.33. The molecule has 0 radical (unpaired) electrons. The van der Waals surface area contributed by atoms with E-state index in [1.54, 1.807) is 22.8 Å². The lowest BCUT2D eigenvalue weighted by atomic mass is 9.75. The van der Waals surface area contributed by atoms with E-state index in [1.165, 1.54) is 40.6 Å². The molecule has 2 aromatic heterocycles. The summed E-state index contributed by atoms with van der Waals surface area (Å²) in [6.45, 7) is 1.56. The molecule has 1 aromatic carbocycles. The smallest absolute Gasteiger partial charge is 0.243 e. The van der Waals surface area contributed by atoms with Crippen molar-refractivity contribution in [2.45, 2.75) is 37.0 Å². The van der Waals surface area contributed by atoms with Gasteiger partial charge in [0.25, 0.3) is 0 Å². The Morgan fingerprint density at radius 1 is 1.14 bits per heavy atom. The average Bonchev–Trinajstić information content (AvgIpc) is 3.25. The molecule has 1 aliphatic carbocycles. The highest BCUT2D eigenvalue weighted by atomic mass is 35.5. The second-order valence-corrected chi connectivity index (χ2v) is 11.2. The Morgan fingerprint density at radius 3 is 2.30 bits per heavy atom. The van der Waals surface area contributed by atoms with Gasteiger partial charge in [0.2, 0.25) is 16.0 Å². The van der Waals surface area contributed by atoms with Crippen LogP contribution in [0, 0.1) is 5.92 Å². The fourth-order valence-electron chi connectivity index (χ4n) is 4.35. The minimum atomic E-state index is -4.10. The Bertz CT molecular complexity index is 1310. The lowest BCUT2D eigenvalue weighted by Crippen LogP contribution is -2.33. The van der Waals surface area contributed by atoms with E-state index in [4.69, 9.17) is 25.8 Å². The van der Waals surface area contributed by atoms with Crippen LogP contribution < -0.4 is 14.2 Å². The number of rotatable bonds is 11. The van der Waals surface area contributed by atoms with Crippen LogP contribution in [0.1, 0.15) is 43.4 Å². The number of aromatic nitrogens is 5. The quantitative estimate of drug-likeness (QED) is 0.363. The van der Waals surface area contributed by atoms with Gasteiger partial charge in [-0.25, -0.2) is 18.4 Å². The molecular weight excluding hydrogens is 524 g/mol. The third-order valence-electron chi connectivity index (χ3n) is 6.47. The number of ether oxygens (including phenoxy) is 3. The van der Waals surface area contributed by atoms with Crippen molar-refractivity contribution in [2.75, 3.05) is 32.7 Å². The van der Waals surface area contributed by atoms with E-state index < -0.39 is 21.4 Å². The number of methoxy groups -OCH3 is 3. The summed E-state index contributed by atoms with van der Waals surface area (Å²) in [6, 6.07) is 5.23. The van der Waals surface area contributed by atoms with Crippen LogP contribution in [0.25, 0.3) is 5.69 Å². The van der Waals surface area contributed by atoms with Crippen LogP contribution in [-0.2, 0) is 14.8 Å². The molecule has 2 unspecified atom stereocenters. The van der Waals surface area contributed by atoms with E-state index in [2.05, 4.69) is 24.9 Å². The maximum Gasteiger partial charge on any atom is 0.243 e. The van der Waals surface area contributed by atoms with Crippen molar-refractivity contribution in [3.8, 4) is 17.2 Å². The van der Waals surface area contributed by atoms with Crippen molar-refractivity contribution in [2.24, 2.45) is 5.92 Å². The van der Waals surface area contributed by atoms with Crippen molar-refractivity contribution >= 4 is 27.6 Å². The molecule has 2 N–H and O–H groups in total. The standard InChI is InChI=1S/C23H29ClN6O6S/c1-13(20(36-4)21-25-10-16(24)11-26-21)37(32,33)29-23-28-27-22(15-8-14(9-15)12-31)30(23)19-17(34-2)6-5-7-18(19)35-3/h5-7,10-11,13-15,20,31H,8-9,12H2,1-4H3,(H,28,29). The third kappa shape index (κ3) is 5.35. The van der Waals surface area contributed by atoms with Gasteiger partial charge in [-0.2, -0.15) is 0 Å². The molecule has 0 amide bonds. The van der Waals surface area contributed by atoms with Gasteiger partial charge in [-0.3, -0.25) is 9.29 Å². The summed E-state index contributed by atoms with van der Waals surface area (Å²) in [6.07, 6.45) is 3.14. The molecule has 3 aromatic rings. The van der Waals surface area contributed by atoms with Crippen LogP contribution in [0.3, 0.4) is 0 Å². The number of anilines is 1.